The predicted molar refractivity (Wildman–Crippen MR) is 198 cm³/mol. The van der Waals surface area contributed by atoms with Crippen molar-refractivity contribution in [3.63, 3.8) is 0 Å². The molecule has 9 heteroatoms. The van der Waals surface area contributed by atoms with Crippen LogP contribution in [0, 0.1) is 35.5 Å². The van der Waals surface area contributed by atoms with E-state index in [1.54, 1.807) is 13.2 Å². The van der Waals surface area contributed by atoms with Gasteiger partial charge in [0.05, 0.1) is 25.4 Å². The van der Waals surface area contributed by atoms with Gasteiger partial charge in [0.2, 0.25) is 5.76 Å². The first-order chi connectivity index (χ1) is 23.5. The molecule has 0 aromatic rings. The third-order valence-electron chi connectivity index (χ3n) is 11.6. The van der Waals surface area contributed by atoms with Gasteiger partial charge in [0.25, 0.3) is 0 Å². The van der Waals surface area contributed by atoms with Crippen molar-refractivity contribution < 1.29 is 39.1 Å². The van der Waals surface area contributed by atoms with E-state index in [9.17, 15) is 20.1 Å². The predicted octanol–water partition coefficient (Wildman–Crippen LogP) is 6.62. The molecule has 12 unspecified atom stereocenters. The number of rotatable bonds is 9. The molecule has 0 aromatic carbocycles. The summed E-state index contributed by atoms with van der Waals surface area (Å²) in [6.45, 7) is 17.9. The van der Waals surface area contributed by atoms with E-state index in [1.807, 2.05) is 65.8 Å². The summed E-state index contributed by atoms with van der Waals surface area (Å²) in [6.07, 6.45) is 12.6. The standard InChI is InChI=1S/C41H69NO8/c1-24(2)38-29(7)33(42-32-17-13-12-14-18-32)23-41(46,50-38)31(9)37(44)30(8)39-34(47-10)19-15-16-25(3)20-27(5)36(43)28(6)21-26(4)22-35(48-11)40(45)49-39/h15-16,19,21-22,24,27-34,36-39,42-44,46H,12-14,17-18,20,23H2,1-11H3/b19-15-,25-16+,26-21+,35-22+. The Labute approximate surface area is 302 Å². The third-order valence-corrected chi connectivity index (χ3v) is 11.6. The summed E-state index contributed by atoms with van der Waals surface area (Å²) < 4.78 is 24.1. The molecule has 0 radical (unpaired) electrons. The molecule has 286 valence electrons. The lowest BCUT2D eigenvalue weighted by molar-refractivity contribution is -0.317. The Morgan fingerprint density at radius 1 is 1.02 bits per heavy atom. The fourth-order valence-electron chi connectivity index (χ4n) is 8.35. The van der Waals surface area contributed by atoms with E-state index in [4.69, 9.17) is 18.9 Å². The molecule has 50 heavy (non-hydrogen) atoms. The summed E-state index contributed by atoms with van der Waals surface area (Å²) in [5.74, 6) is -3.52. The van der Waals surface area contributed by atoms with Gasteiger partial charge in [0, 0.05) is 43.4 Å². The van der Waals surface area contributed by atoms with Crippen LogP contribution in [-0.4, -0.2) is 83.9 Å². The molecule has 0 aromatic heterocycles. The average Bonchev–Trinajstić information content (AvgIpc) is 3.08. The molecule has 0 amide bonds. The van der Waals surface area contributed by atoms with Crippen LogP contribution in [0.15, 0.2) is 47.3 Å². The lowest BCUT2D eigenvalue weighted by Gasteiger charge is -2.51. The number of carbonyl (C=O) groups excluding carboxylic acids is 1. The minimum Gasteiger partial charge on any atom is -0.490 e. The van der Waals surface area contributed by atoms with Crippen molar-refractivity contribution in [1.82, 2.24) is 5.32 Å². The van der Waals surface area contributed by atoms with Crippen molar-refractivity contribution in [3.05, 3.63) is 47.3 Å². The lowest BCUT2D eigenvalue weighted by Crippen LogP contribution is -2.62. The van der Waals surface area contributed by atoms with Crippen LogP contribution in [0.4, 0.5) is 0 Å². The van der Waals surface area contributed by atoms with Crippen molar-refractivity contribution in [2.75, 3.05) is 14.2 Å². The molecule has 3 rings (SSSR count). The first-order valence-electron chi connectivity index (χ1n) is 19.1. The molecule has 1 aliphatic carbocycles. The van der Waals surface area contributed by atoms with Crippen LogP contribution in [0.2, 0.25) is 0 Å². The molecule has 12 atom stereocenters. The van der Waals surface area contributed by atoms with Gasteiger partial charge in [-0.3, -0.25) is 0 Å². The van der Waals surface area contributed by atoms with Gasteiger partial charge >= 0.3 is 5.97 Å². The van der Waals surface area contributed by atoms with E-state index < -0.39 is 48.0 Å². The number of ether oxygens (including phenoxy) is 4. The maximum absolute atomic E-state index is 13.7. The number of methoxy groups -OCH3 is 2. The fraction of sp³-hybridized carbons (Fsp3) is 0.780. The van der Waals surface area contributed by atoms with Crippen LogP contribution in [0.3, 0.4) is 0 Å². The second-order valence-corrected chi connectivity index (χ2v) is 16.1. The summed E-state index contributed by atoms with van der Waals surface area (Å²) in [5, 5.41) is 39.2. The summed E-state index contributed by atoms with van der Waals surface area (Å²) in [6, 6.07) is 0.435. The van der Waals surface area contributed by atoms with E-state index in [0.717, 1.165) is 24.0 Å². The highest BCUT2D eigenvalue weighted by molar-refractivity contribution is 5.87. The number of aliphatic hydroxyl groups is 3. The van der Waals surface area contributed by atoms with Crippen LogP contribution in [0.25, 0.3) is 0 Å². The number of allylic oxidation sites excluding steroid dienone is 5. The Kier molecular flexibility index (Phi) is 16.3. The maximum Gasteiger partial charge on any atom is 0.373 e. The monoisotopic (exact) mass is 704 g/mol. The van der Waals surface area contributed by atoms with Gasteiger partial charge in [0.1, 0.15) is 12.2 Å². The van der Waals surface area contributed by atoms with Crippen LogP contribution < -0.4 is 5.32 Å². The van der Waals surface area contributed by atoms with E-state index in [1.165, 1.54) is 26.4 Å². The Balaban J connectivity index is 1.97. The van der Waals surface area contributed by atoms with Crippen molar-refractivity contribution >= 4 is 5.97 Å². The molecule has 2 heterocycles. The number of esters is 1. The van der Waals surface area contributed by atoms with Crippen molar-refractivity contribution in [2.45, 2.75) is 156 Å². The SMILES string of the molecule is CO/C1=C/C(C)=C/C(C)C(O)C(C)C/C(C)=C/C=C\C(OC)C(C(C)C(O)C(C)C2(O)CC(NC3CCCCC3)C(C)C(C(C)C)O2)OC1=O. The zero-order valence-corrected chi connectivity index (χ0v) is 32.7. The molecular weight excluding hydrogens is 634 g/mol. The van der Waals surface area contributed by atoms with Crippen molar-refractivity contribution in [2.24, 2.45) is 35.5 Å². The van der Waals surface area contributed by atoms with Gasteiger partial charge in [0.15, 0.2) is 5.79 Å². The second-order valence-electron chi connectivity index (χ2n) is 16.1. The molecule has 2 aliphatic heterocycles. The fourth-order valence-corrected chi connectivity index (χ4v) is 8.35. The van der Waals surface area contributed by atoms with Crippen LogP contribution >= 0.6 is 0 Å². The Bertz CT molecular complexity index is 1200. The zero-order chi connectivity index (χ0) is 37.3. The summed E-state index contributed by atoms with van der Waals surface area (Å²) in [4.78, 5) is 13.7. The highest BCUT2D eigenvalue weighted by Gasteiger charge is 2.52. The Morgan fingerprint density at radius 2 is 1.68 bits per heavy atom. The van der Waals surface area contributed by atoms with E-state index >= 15 is 0 Å². The minimum atomic E-state index is -1.61. The molecule has 0 bridgehead atoms. The van der Waals surface area contributed by atoms with E-state index in [0.29, 0.717) is 18.9 Å². The van der Waals surface area contributed by atoms with Gasteiger partial charge in [-0.1, -0.05) is 103 Å². The zero-order valence-electron chi connectivity index (χ0n) is 32.7. The molecule has 3 aliphatic rings. The lowest BCUT2D eigenvalue weighted by atomic mass is 9.75. The highest BCUT2D eigenvalue weighted by Crippen LogP contribution is 2.42. The van der Waals surface area contributed by atoms with Crippen molar-refractivity contribution in [3.8, 4) is 0 Å². The van der Waals surface area contributed by atoms with E-state index in [2.05, 4.69) is 26.1 Å². The van der Waals surface area contributed by atoms with Gasteiger partial charge in [-0.2, -0.15) is 0 Å². The van der Waals surface area contributed by atoms with Crippen LogP contribution in [0.5, 0.6) is 0 Å². The summed E-state index contributed by atoms with van der Waals surface area (Å²) >= 11 is 0. The van der Waals surface area contributed by atoms with Crippen molar-refractivity contribution in [1.29, 1.82) is 0 Å². The van der Waals surface area contributed by atoms with Crippen LogP contribution in [-0.2, 0) is 23.7 Å². The largest absolute Gasteiger partial charge is 0.490 e. The quantitative estimate of drug-likeness (QED) is 0.196. The molecule has 9 nitrogen and oxygen atoms in total. The van der Waals surface area contributed by atoms with Gasteiger partial charge in [-0.25, -0.2) is 4.79 Å². The van der Waals surface area contributed by atoms with E-state index in [-0.39, 0.29) is 41.6 Å². The normalized spacial score (nSPS) is 39.9. The highest BCUT2D eigenvalue weighted by atomic mass is 16.6. The van der Waals surface area contributed by atoms with Gasteiger partial charge in [-0.05, 0) is 56.9 Å². The molecule has 1 saturated carbocycles. The molecule has 4 N–H and O–H groups in total. The van der Waals surface area contributed by atoms with Gasteiger partial charge in [-0.15, -0.1) is 0 Å². The topological polar surface area (TPSA) is 127 Å². The second kappa shape index (κ2) is 19.2. The molecule has 2 fully saturated rings. The molecule has 1 saturated heterocycles. The smallest absolute Gasteiger partial charge is 0.373 e. The summed E-state index contributed by atoms with van der Waals surface area (Å²) in [5.41, 5.74) is 1.84. The maximum atomic E-state index is 13.7. The number of nitrogens with one attached hydrogen (secondary N) is 1. The third kappa shape index (κ3) is 11.0. The minimum absolute atomic E-state index is 0.00507. The number of cyclic esters (lactones) is 1. The first-order valence-corrected chi connectivity index (χ1v) is 19.1. The number of hydrogen-bond donors (Lipinski definition) is 4. The number of hydrogen-bond acceptors (Lipinski definition) is 9. The molecular formula is C41H69NO8. The van der Waals surface area contributed by atoms with Gasteiger partial charge < -0.3 is 39.6 Å². The van der Waals surface area contributed by atoms with Crippen LogP contribution in [0.1, 0.15) is 107 Å². The number of aliphatic hydroxyl groups excluding tert-OH is 2. The summed E-state index contributed by atoms with van der Waals surface area (Å²) in [7, 11) is 2.95. The average molecular weight is 704 g/mol. The Hall–Kier alpha value is -2.01. The Morgan fingerprint density at radius 3 is 2.28 bits per heavy atom. The first kappa shape index (κ1) is 42.4. The number of carbonyl (C=O) groups is 1. The molecule has 0 spiro atoms.